The van der Waals surface area contributed by atoms with Crippen LogP contribution in [0.3, 0.4) is 0 Å². The molecule has 0 unspecified atom stereocenters. The Bertz CT molecular complexity index is 372. The van der Waals surface area contributed by atoms with Gasteiger partial charge in [0.05, 0.1) is 10.7 Å². The number of aromatic nitrogens is 1. The van der Waals surface area contributed by atoms with Gasteiger partial charge in [0, 0.05) is 23.9 Å². The molecular weight excluding hydrogens is 240 g/mol. The minimum absolute atomic E-state index is 0.533. The van der Waals surface area contributed by atoms with Gasteiger partial charge >= 0.3 is 0 Å². The highest BCUT2D eigenvalue weighted by Crippen LogP contribution is 2.42. The zero-order chi connectivity index (χ0) is 13.2. The van der Waals surface area contributed by atoms with E-state index in [1.54, 1.807) is 0 Å². The number of nitrogens with one attached hydrogen (secondary N) is 1. The van der Waals surface area contributed by atoms with Crippen LogP contribution >= 0.6 is 11.3 Å². The number of hydrogen-bond acceptors (Lipinski definition) is 3. The molecule has 1 heterocycles. The van der Waals surface area contributed by atoms with Gasteiger partial charge in [0.1, 0.15) is 0 Å². The molecule has 2 nitrogen and oxygen atoms in total. The summed E-state index contributed by atoms with van der Waals surface area (Å²) in [6, 6.07) is 0.533. The molecule has 1 saturated carbocycles. The van der Waals surface area contributed by atoms with Crippen molar-refractivity contribution in [1.82, 2.24) is 10.3 Å². The normalized spacial score (nSPS) is 20.5. The molecule has 1 aliphatic carbocycles. The third kappa shape index (κ3) is 3.79. The molecule has 3 heteroatoms. The van der Waals surface area contributed by atoms with E-state index in [4.69, 9.17) is 4.98 Å². The van der Waals surface area contributed by atoms with Crippen LogP contribution in [0.25, 0.3) is 0 Å². The van der Waals surface area contributed by atoms with Crippen molar-refractivity contribution < 1.29 is 0 Å². The second-order valence-electron chi connectivity index (χ2n) is 6.65. The lowest BCUT2D eigenvalue weighted by atomic mass is 9.73. The molecule has 0 saturated heterocycles. The third-order valence-corrected chi connectivity index (χ3v) is 5.01. The molecule has 2 rings (SSSR count). The van der Waals surface area contributed by atoms with Crippen molar-refractivity contribution in [1.29, 1.82) is 0 Å². The van der Waals surface area contributed by atoms with Gasteiger partial charge in [-0.05, 0) is 31.1 Å². The molecular formula is C15H26N2S. The van der Waals surface area contributed by atoms with E-state index in [1.807, 2.05) is 11.3 Å². The molecule has 0 aliphatic heterocycles. The first-order chi connectivity index (χ1) is 8.46. The van der Waals surface area contributed by atoms with Gasteiger partial charge < -0.3 is 5.32 Å². The molecule has 0 atom stereocenters. The lowest BCUT2D eigenvalue weighted by Crippen LogP contribution is -2.22. The van der Waals surface area contributed by atoms with Gasteiger partial charge in [-0.15, -0.1) is 11.3 Å². The third-order valence-electron chi connectivity index (χ3n) is 3.95. The predicted molar refractivity (Wildman–Crippen MR) is 79.1 cm³/mol. The average Bonchev–Trinajstić information content (AvgIpc) is 2.75. The quantitative estimate of drug-likeness (QED) is 0.877. The molecule has 102 valence electrons. The summed E-state index contributed by atoms with van der Waals surface area (Å²) in [6.45, 7) is 10.0. The Morgan fingerprint density at radius 2 is 2.06 bits per heavy atom. The van der Waals surface area contributed by atoms with Gasteiger partial charge in [-0.25, -0.2) is 4.98 Å². The monoisotopic (exact) mass is 266 g/mol. The van der Waals surface area contributed by atoms with Crippen LogP contribution in [-0.2, 0) is 6.54 Å². The van der Waals surface area contributed by atoms with E-state index >= 15 is 0 Å². The summed E-state index contributed by atoms with van der Waals surface area (Å²) < 4.78 is 0. The highest BCUT2D eigenvalue weighted by Gasteiger charge is 2.28. The van der Waals surface area contributed by atoms with Crippen molar-refractivity contribution in [2.75, 3.05) is 0 Å². The summed E-state index contributed by atoms with van der Waals surface area (Å²) >= 11 is 1.86. The van der Waals surface area contributed by atoms with Gasteiger partial charge in [-0.1, -0.05) is 27.7 Å². The first-order valence-electron chi connectivity index (χ1n) is 7.14. The highest BCUT2D eigenvalue weighted by atomic mass is 32.1. The maximum Gasteiger partial charge on any atom is 0.0959 e. The fraction of sp³-hybridized carbons (Fsp3) is 0.800. The Labute approximate surface area is 115 Å². The van der Waals surface area contributed by atoms with Gasteiger partial charge in [-0.2, -0.15) is 0 Å². The molecule has 0 spiro atoms. The fourth-order valence-corrected chi connectivity index (χ4v) is 3.54. The van der Waals surface area contributed by atoms with E-state index in [-0.39, 0.29) is 0 Å². The summed E-state index contributed by atoms with van der Waals surface area (Å²) in [6.07, 6.45) is 5.32. The van der Waals surface area contributed by atoms with Crippen LogP contribution in [-0.4, -0.2) is 11.0 Å². The number of thiazole rings is 1. The second-order valence-corrected chi connectivity index (χ2v) is 7.54. The van der Waals surface area contributed by atoms with Gasteiger partial charge in [0.25, 0.3) is 0 Å². The van der Waals surface area contributed by atoms with Gasteiger partial charge in [0.2, 0.25) is 0 Å². The van der Waals surface area contributed by atoms with E-state index in [9.17, 15) is 0 Å². The largest absolute Gasteiger partial charge is 0.309 e. The maximum atomic E-state index is 4.81. The van der Waals surface area contributed by atoms with Crippen molar-refractivity contribution in [3.8, 4) is 0 Å². The van der Waals surface area contributed by atoms with Crippen LogP contribution in [0, 0.1) is 5.41 Å². The van der Waals surface area contributed by atoms with Crippen molar-refractivity contribution in [2.24, 2.45) is 5.41 Å². The topological polar surface area (TPSA) is 24.9 Å². The van der Waals surface area contributed by atoms with Gasteiger partial charge in [-0.3, -0.25) is 0 Å². The average molecular weight is 266 g/mol. The van der Waals surface area contributed by atoms with Crippen LogP contribution in [0.5, 0.6) is 0 Å². The molecule has 0 amide bonds. The molecule has 1 aromatic rings. The molecule has 1 aliphatic rings. The minimum Gasteiger partial charge on any atom is -0.309 e. The smallest absolute Gasteiger partial charge is 0.0959 e. The zero-order valence-electron chi connectivity index (χ0n) is 12.1. The Kier molecular flexibility index (Phi) is 4.44. The molecule has 1 N–H and O–H groups in total. The van der Waals surface area contributed by atoms with E-state index in [0.717, 1.165) is 12.5 Å². The number of hydrogen-bond donors (Lipinski definition) is 1. The summed E-state index contributed by atoms with van der Waals surface area (Å²) in [5.41, 5.74) is 1.77. The van der Waals surface area contributed by atoms with Gasteiger partial charge in [0.15, 0.2) is 0 Å². The van der Waals surface area contributed by atoms with E-state index in [2.05, 4.69) is 38.4 Å². The molecule has 0 aromatic carbocycles. The summed E-state index contributed by atoms with van der Waals surface area (Å²) in [5.74, 6) is 0.718. The van der Waals surface area contributed by atoms with Crippen LogP contribution in [0.2, 0.25) is 0 Å². The molecule has 0 radical (unpaired) electrons. The predicted octanol–water partition coefficient (Wildman–Crippen LogP) is 4.32. The minimum atomic E-state index is 0.533. The van der Waals surface area contributed by atoms with E-state index in [1.165, 1.54) is 36.4 Å². The number of rotatable bonds is 4. The van der Waals surface area contributed by atoms with E-state index < -0.39 is 0 Å². The zero-order valence-corrected chi connectivity index (χ0v) is 12.9. The fourth-order valence-electron chi connectivity index (χ4n) is 2.55. The van der Waals surface area contributed by atoms with Crippen LogP contribution in [0.1, 0.15) is 70.0 Å². The second kappa shape index (κ2) is 5.70. The lowest BCUT2D eigenvalue weighted by Gasteiger charge is -2.33. The van der Waals surface area contributed by atoms with Crippen molar-refractivity contribution >= 4 is 11.3 Å². The Hall–Kier alpha value is -0.410. The summed E-state index contributed by atoms with van der Waals surface area (Å²) in [7, 11) is 0. The maximum absolute atomic E-state index is 4.81. The molecule has 0 bridgehead atoms. The first kappa shape index (κ1) is 14.0. The standard InChI is InChI=1S/C15H26N2S/c1-11(2)16-9-13-10-18-14(17-13)12-5-7-15(3,4)8-6-12/h10-12,16H,5-9H2,1-4H3. The summed E-state index contributed by atoms with van der Waals surface area (Å²) in [4.78, 5) is 4.81. The molecule has 1 fully saturated rings. The molecule has 1 aromatic heterocycles. The van der Waals surface area contributed by atoms with Crippen LogP contribution in [0.4, 0.5) is 0 Å². The van der Waals surface area contributed by atoms with E-state index in [0.29, 0.717) is 11.5 Å². The van der Waals surface area contributed by atoms with Crippen LogP contribution in [0.15, 0.2) is 5.38 Å². The Morgan fingerprint density at radius 1 is 1.39 bits per heavy atom. The lowest BCUT2D eigenvalue weighted by molar-refractivity contribution is 0.224. The highest BCUT2D eigenvalue weighted by molar-refractivity contribution is 7.09. The molecule has 18 heavy (non-hydrogen) atoms. The SMILES string of the molecule is CC(C)NCc1csc(C2CCC(C)(C)CC2)n1. The van der Waals surface area contributed by atoms with Crippen molar-refractivity contribution in [2.45, 2.75) is 71.9 Å². The Balaban J connectivity index is 1.90. The summed E-state index contributed by atoms with van der Waals surface area (Å²) in [5, 5.41) is 7.03. The van der Waals surface area contributed by atoms with Crippen molar-refractivity contribution in [3.63, 3.8) is 0 Å². The first-order valence-corrected chi connectivity index (χ1v) is 8.02. The van der Waals surface area contributed by atoms with Crippen LogP contribution < -0.4 is 5.32 Å². The number of nitrogens with zero attached hydrogens (tertiary/aromatic N) is 1. The Morgan fingerprint density at radius 3 is 2.67 bits per heavy atom. The van der Waals surface area contributed by atoms with Crippen molar-refractivity contribution in [3.05, 3.63) is 16.1 Å².